The highest BCUT2D eigenvalue weighted by molar-refractivity contribution is 7.15. The van der Waals surface area contributed by atoms with Crippen LogP contribution in [0.15, 0.2) is 42.5 Å². The maximum absolute atomic E-state index is 12.1. The van der Waals surface area contributed by atoms with E-state index in [2.05, 4.69) is 10.3 Å². The molecule has 0 aliphatic rings. The highest BCUT2D eigenvalue weighted by Gasteiger charge is 2.13. The highest BCUT2D eigenvalue weighted by Crippen LogP contribution is 2.32. The zero-order chi connectivity index (χ0) is 19.4. The van der Waals surface area contributed by atoms with Crippen molar-refractivity contribution in [3.63, 3.8) is 0 Å². The van der Waals surface area contributed by atoms with Gasteiger partial charge in [-0.1, -0.05) is 53.0 Å². The first-order valence-corrected chi connectivity index (χ1v) is 9.95. The average molecular weight is 442 g/mol. The van der Waals surface area contributed by atoms with E-state index in [0.29, 0.717) is 27.4 Å². The number of nitrogens with zero attached hydrogens (tertiary/aromatic N) is 1. The fraction of sp³-hybridized carbons (Fsp3) is 0.158. The molecule has 0 saturated carbocycles. The van der Waals surface area contributed by atoms with Crippen LogP contribution in [0.1, 0.15) is 10.6 Å². The first kappa shape index (κ1) is 20.0. The molecule has 8 heteroatoms. The second-order valence-electron chi connectivity index (χ2n) is 5.65. The molecular formula is C19H15Cl3N2O2S. The molecule has 0 aliphatic carbocycles. The molecule has 1 heterocycles. The Morgan fingerprint density at radius 2 is 1.93 bits per heavy atom. The lowest BCUT2D eigenvalue weighted by molar-refractivity contribution is -0.123. The Balaban J connectivity index is 1.58. The third-order valence-corrected chi connectivity index (χ3v) is 5.75. The summed E-state index contributed by atoms with van der Waals surface area (Å²) >= 11 is 19.6. The number of nitrogens with one attached hydrogen (secondary N) is 1. The number of ether oxygens (including phenoxy) is 1. The van der Waals surface area contributed by atoms with Gasteiger partial charge in [0.15, 0.2) is 6.61 Å². The fourth-order valence-corrected chi connectivity index (χ4v) is 4.09. The van der Waals surface area contributed by atoms with E-state index in [9.17, 15) is 4.79 Å². The van der Waals surface area contributed by atoms with Gasteiger partial charge in [0, 0.05) is 15.5 Å². The van der Waals surface area contributed by atoms with E-state index in [1.165, 1.54) is 11.3 Å². The maximum atomic E-state index is 12.1. The summed E-state index contributed by atoms with van der Waals surface area (Å²) in [5.41, 5.74) is 1.74. The van der Waals surface area contributed by atoms with Gasteiger partial charge in [-0.2, -0.15) is 0 Å². The van der Waals surface area contributed by atoms with Crippen LogP contribution in [0, 0.1) is 6.92 Å². The standard InChI is InChI=1S/C19H15Cl3N2O2S/c1-11-17(27-19(24-11)13-4-2-3-5-14(13)21)9-23-18(25)10-26-16-7-6-12(20)8-15(16)22/h2-8H,9-10H2,1H3,(H,23,25). The minimum atomic E-state index is -0.256. The number of amides is 1. The van der Waals surface area contributed by atoms with E-state index in [-0.39, 0.29) is 12.5 Å². The summed E-state index contributed by atoms with van der Waals surface area (Å²) in [5, 5.41) is 5.16. The quantitative estimate of drug-likeness (QED) is 0.528. The van der Waals surface area contributed by atoms with E-state index in [0.717, 1.165) is 21.1 Å². The molecule has 3 aromatic rings. The Labute approximate surface area is 176 Å². The van der Waals surface area contributed by atoms with Crippen molar-refractivity contribution >= 4 is 52.0 Å². The summed E-state index contributed by atoms with van der Waals surface area (Å²) in [6, 6.07) is 12.4. The van der Waals surface area contributed by atoms with Crippen molar-refractivity contribution < 1.29 is 9.53 Å². The predicted octanol–water partition coefficient (Wildman–Crippen LogP) is 5.77. The molecule has 0 unspecified atom stereocenters. The topological polar surface area (TPSA) is 51.2 Å². The van der Waals surface area contributed by atoms with Gasteiger partial charge in [-0.05, 0) is 31.2 Å². The molecule has 3 rings (SSSR count). The molecule has 0 spiro atoms. The molecule has 1 N–H and O–H groups in total. The van der Waals surface area contributed by atoms with Crippen LogP contribution >= 0.6 is 46.1 Å². The Kier molecular flexibility index (Phi) is 6.60. The van der Waals surface area contributed by atoms with Gasteiger partial charge in [0.1, 0.15) is 10.8 Å². The molecule has 0 aliphatic heterocycles. The zero-order valence-electron chi connectivity index (χ0n) is 14.3. The smallest absolute Gasteiger partial charge is 0.258 e. The van der Waals surface area contributed by atoms with Gasteiger partial charge in [-0.3, -0.25) is 4.79 Å². The van der Waals surface area contributed by atoms with Crippen molar-refractivity contribution in [2.75, 3.05) is 6.61 Å². The summed E-state index contributed by atoms with van der Waals surface area (Å²) in [6.07, 6.45) is 0. The van der Waals surface area contributed by atoms with Crippen LogP contribution in [-0.4, -0.2) is 17.5 Å². The van der Waals surface area contributed by atoms with Crippen LogP contribution in [0.2, 0.25) is 15.1 Å². The molecule has 0 fully saturated rings. The predicted molar refractivity (Wildman–Crippen MR) is 111 cm³/mol. The molecule has 2 aromatic carbocycles. The van der Waals surface area contributed by atoms with E-state index in [4.69, 9.17) is 39.5 Å². The number of hydrogen-bond acceptors (Lipinski definition) is 4. The number of thiazole rings is 1. The monoisotopic (exact) mass is 440 g/mol. The van der Waals surface area contributed by atoms with E-state index >= 15 is 0 Å². The van der Waals surface area contributed by atoms with Crippen molar-refractivity contribution in [3.05, 3.63) is 68.1 Å². The number of benzene rings is 2. The SMILES string of the molecule is Cc1nc(-c2ccccc2Cl)sc1CNC(=O)COc1ccc(Cl)cc1Cl. The van der Waals surface area contributed by atoms with Gasteiger partial charge in [0.05, 0.1) is 22.3 Å². The molecule has 4 nitrogen and oxygen atoms in total. The number of carbonyl (C=O) groups is 1. The second kappa shape index (κ2) is 8.93. The molecule has 0 bridgehead atoms. The van der Waals surface area contributed by atoms with Crippen LogP contribution in [0.5, 0.6) is 5.75 Å². The number of aromatic nitrogens is 1. The second-order valence-corrected chi connectivity index (χ2v) is 7.98. The van der Waals surface area contributed by atoms with Crippen LogP contribution in [0.3, 0.4) is 0 Å². The van der Waals surface area contributed by atoms with Gasteiger partial charge >= 0.3 is 0 Å². The minimum absolute atomic E-state index is 0.142. The normalized spacial score (nSPS) is 10.7. The Bertz CT molecular complexity index is 975. The maximum Gasteiger partial charge on any atom is 0.258 e. The Morgan fingerprint density at radius 1 is 1.15 bits per heavy atom. The van der Waals surface area contributed by atoms with Crippen LogP contribution in [0.25, 0.3) is 10.6 Å². The first-order valence-electron chi connectivity index (χ1n) is 8.00. The molecule has 140 valence electrons. The molecule has 1 aromatic heterocycles. The van der Waals surface area contributed by atoms with Crippen LogP contribution in [0.4, 0.5) is 0 Å². The minimum Gasteiger partial charge on any atom is -0.482 e. The number of aryl methyl sites for hydroxylation is 1. The van der Waals surface area contributed by atoms with Gasteiger partial charge in [-0.15, -0.1) is 11.3 Å². The van der Waals surface area contributed by atoms with Crippen molar-refractivity contribution in [1.29, 1.82) is 0 Å². The van der Waals surface area contributed by atoms with Crippen molar-refractivity contribution in [2.45, 2.75) is 13.5 Å². The third-order valence-electron chi connectivity index (χ3n) is 3.70. The lowest BCUT2D eigenvalue weighted by Gasteiger charge is -2.08. The van der Waals surface area contributed by atoms with Gasteiger partial charge < -0.3 is 10.1 Å². The summed E-state index contributed by atoms with van der Waals surface area (Å²) < 4.78 is 5.43. The molecule has 0 atom stereocenters. The van der Waals surface area contributed by atoms with E-state index < -0.39 is 0 Å². The largest absolute Gasteiger partial charge is 0.482 e. The van der Waals surface area contributed by atoms with Crippen LogP contribution in [-0.2, 0) is 11.3 Å². The highest BCUT2D eigenvalue weighted by atomic mass is 35.5. The summed E-state index contributed by atoms with van der Waals surface area (Å²) in [7, 11) is 0. The number of halogens is 3. The van der Waals surface area contributed by atoms with Crippen molar-refractivity contribution in [3.8, 4) is 16.3 Å². The van der Waals surface area contributed by atoms with Gasteiger partial charge in [0.25, 0.3) is 5.91 Å². The van der Waals surface area contributed by atoms with Gasteiger partial charge in [-0.25, -0.2) is 4.98 Å². The lowest BCUT2D eigenvalue weighted by Crippen LogP contribution is -2.28. The third kappa shape index (κ3) is 5.14. The zero-order valence-corrected chi connectivity index (χ0v) is 17.3. The Morgan fingerprint density at radius 3 is 2.67 bits per heavy atom. The molecule has 0 radical (unpaired) electrons. The summed E-state index contributed by atoms with van der Waals surface area (Å²) in [5.74, 6) is 0.152. The van der Waals surface area contributed by atoms with Crippen LogP contribution < -0.4 is 10.1 Å². The number of hydrogen-bond donors (Lipinski definition) is 1. The number of carbonyl (C=O) groups excluding carboxylic acids is 1. The first-order chi connectivity index (χ1) is 12.9. The summed E-state index contributed by atoms with van der Waals surface area (Å²) in [4.78, 5) is 17.6. The Hall–Kier alpha value is -1.79. The van der Waals surface area contributed by atoms with Gasteiger partial charge in [0.2, 0.25) is 0 Å². The summed E-state index contributed by atoms with van der Waals surface area (Å²) in [6.45, 7) is 2.13. The molecule has 1 amide bonds. The molecule has 27 heavy (non-hydrogen) atoms. The van der Waals surface area contributed by atoms with Crippen molar-refractivity contribution in [1.82, 2.24) is 10.3 Å². The lowest BCUT2D eigenvalue weighted by atomic mass is 10.2. The van der Waals surface area contributed by atoms with E-state index in [1.54, 1.807) is 18.2 Å². The van der Waals surface area contributed by atoms with E-state index in [1.807, 2.05) is 31.2 Å². The fourth-order valence-electron chi connectivity index (χ4n) is 2.31. The van der Waals surface area contributed by atoms with Crippen molar-refractivity contribution in [2.24, 2.45) is 0 Å². The number of rotatable bonds is 6. The molecule has 0 saturated heterocycles. The molecular weight excluding hydrogens is 427 g/mol. The average Bonchev–Trinajstić information content (AvgIpc) is 3.00.